The normalized spacial score (nSPS) is 35.5. The van der Waals surface area contributed by atoms with Crippen LogP contribution in [0.25, 0.3) is 0 Å². The van der Waals surface area contributed by atoms with Crippen LogP contribution in [-0.2, 0) is 4.79 Å². The first-order valence-corrected chi connectivity index (χ1v) is 3.65. The van der Waals surface area contributed by atoms with E-state index in [9.17, 15) is 15.0 Å². The van der Waals surface area contributed by atoms with E-state index in [1.165, 1.54) is 0 Å². The molecule has 0 aromatic carbocycles. The lowest BCUT2D eigenvalue weighted by Crippen LogP contribution is -2.53. The van der Waals surface area contributed by atoms with Crippen molar-refractivity contribution in [2.24, 2.45) is 0 Å². The fraction of sp³-hybridized carbons (Fsp3) is 0.857. The summed E-state index contributed by atoms with van der Waals surface area (Å²) in [5.41, 5.74) is 0. The van der Waals surface area contributed by atoms with E-state index in [0.717, 1.165) is 0 Å². The van der Waals surface area contributed by atoms with Gasteiger partial charge in [-0.3, -0.25) is 0 Å². The van der Waals surface area contributed by atoms with Gasteiger partial charge in [0.2, 0.25) is 0 Å². The van der Waals surface area contributed by atoms with E-state index in [0.29, 0.717) is 17.4 Å². The van der Waals surface area contributed by atoms with Crippen LogP contribution in [-0.4, -0.2) is 48.3 Å². The summed E-state index contributed by atoms with van der Waals surface area (Å²) in [4.78, 5) is 10.5. The smallest absolute Gasteiger partial charge is 0.132 e. The van der Waals surface area contributed by atoms with Gasteiger partial charge in [-0.1, -0.05) is 0 Å². The lowest BCUT2D eigenvalue weighted by Gasteiger charge is -2.31. The molecule has 0 spiro atoms. The van der Waals surface area contributed by atoms with Crippen molar-refractivity contribution in [1.82, 2.24) is 0 Å². The van der Waals surface area contributed by atoms with Crippen molar-refractivity contribution in [1.29, 1.82) is 0 Å². The number of quaternary nitrogens is 1. The molecule has 0 aromatic heterocycles. The number of carbonyl (C=O) groups excluding carboxylic acids is 1. The van der Waals surface area contributed by atoms with Crippen LogP contribution in [0, 0.1) is 0 Å². The molecule has 1 aliphatic heterocycles. The Morgan fingerprint density at radius 2 is 2.18 bits per heavy atom. The van der Waals surface area contributed by atoms with Gasteiger partial charge in [-0.05, 0) is 0 Å². The summed E-state index contributed by atoms with van der Waals surface area (Å²) in [6, 6.07) is -0.551. The van der Waals surface area contributed by atoms with Crippen molar-refractivity contribution in [3.63, 3.8) is 0 Å². The largest absolute Gasteiger partial charge is 0.544 e. The van der Waals surface area contributed by atoms with Crippen LogP contribution >= 0.6 is 0 Å². The monoisotopic (exact) mass is 159 g/mol. The summed E-state index contributed by atoms with van der Waals surface area (Å²) >= 11 is 0. The highest BCUT2D eigenvalue weighted by Crippen LogP contribution is 2.21. The summed E-state index contributed by atoms with van der Waals surface area (Å²) in [5.74, 6) is -1.06. The molecule has 0 aliphatic carbocycles. The minimum absolute atomic E-state index is 0.315. The Bertz CT molecular complexity index is 179. The van der Waals surface area contributed by atoms with Gasteiger partial charge in [0.15, 0.2) is 0 Å². The second kappa shape index (κ2) is 2.46. The van der Waals surface area contributed by atoms with Gasteiger partial charge in [-0.2, -0.15) is 0 Å². The number of nitrogens with zero attached hydrogens (tertiary/aromatic N) is 1. The molecule has 4 heteroatoms. The maximum Gasteiger partial charge on any atom is 0.132 e. The van der Waals surface area contributed by atoms with Crippen molar-refractivity contribution in [3.8, 4) is 0 Å². The van der Waals surface area contributed by atoms with Crippen molar-refractivity contribution >= 4 is 5.97 Å². The number of carboxylic acid groups (broad SMARTS) is 1. The number of aliphatic hydroxyl groups excluding tert-OH is 1. The zero-order valence-electron chi connectivity index (χ0n) is 6.78. The molecule has 1 saturated heterocycles. The molecule has 1 aliphatic rings. The second-order valence-electron chi connectivity index (χ2n) is 3.69. The van der Waals surface area contributed by atoms with E-state index < -0.39 is 18.1 Å². The Morgan fingerprint density at radius 1 is 1.64 bits per heavy atom. The molecule has 1 rings (SSSR count). The molecule has 2 atom stereocenters. The minimum atomic E-state index is -1.06. The first kappa shape index (κ1) is 8.49. The van der Waals surface area contributed by atoms with Gasteiger partial charge in [0, 0.05) is 6.42 Å². The van der Waals surface area contributed by atoms with Gasteiger partial charge in [0.1, 0.15) is 18.7 Å². The average Bonchev–Trinajstić information content (AvgIpc) is 2.04. The summed E-state index contributed by atoms with van der Waals surface area (Å²) in [5, 5.41) is 19.7. The van der Waals surface area contributed by atoms with Gasteiger partial charge < -0.3 is 19.5 Å². The third-order valence-corrected chi connectivity index (χ3v) is 2.29. The molecule has 1 fully saturated rings. The summed E-state index contributed by atoms with van der Waals surface area (Å²) in [6.45, 7) is 0.499. The topological polar surface area (TPSA) is 60.4 Å². The van der Waals surface area contributed by atoms with Crippen molar-refractivity contribution in [3.05, 3.63) is 0 Å². The van der Waals surface area contributed by atoms with Crippen LogP contribution in [0.15, 0.2) is 0 Å². The van der Waals surface area contributed by atoms with E-state index >= 15 is 0 Å². The van der Waals surface area contributed by atoms with E-state index in [2.05, 4.69) is 0 Å². The molecule has 1 heterocycles. The highest BCUT2D eigenvalue weighted by Gasteiger charge is 2.40. The average molecular weight is 159 g/mol. The molecular weight excluding hydrogens is 146 g/mol. The first-order chi connectivity index (χ1) is 4.93. The Kier molecular flexibility index (Phi) is 1.90. The highest BCUT2D eigenvalue weighted by molar-refractivity contribution is 5.70. The molecule has 0 saturated carbocycles. The zero-order chi connectivity index (χ0) is 8.65. The summed E-state index contributed by atoms with van der Waals surface area (Å²) < 4.78 is 0.323. The molecule has 0 radical (unpaired) electrons. The molecule has 0 aromatic rings. The van der Waals surface area contributed by atoms with E-state index in [1.54, 1.807) is 14.1 Å². The number of likely N-dealkylation sites (tertiary alicyclic amines) is 1. The number of aliphatic hydroxyl groups is 1. The Morgan fingerprint density at radius 3 is 2.36 bits per heavy atom. The van der Waals surface area contributed by atoms with E-state index in [4.69, 9.17) is 0 Å². The van der Waals surface area contributed by atoms with Gasteiger partial charge in [0.05, 0.1) is 20.1 Å². The Balaban J connectivity index is 2.74. The predicted octanol–water partition coefficient (Wildman–Crippen LogP) is -2.05. The van der Waals surface area contributed by atoms with Crippen LogP contribution in [0.1, 0.15) is 6.42 Å². The quantitative estimate of drug-likeness (QED) is 0.448. The fourth-order valence-electron chi connectivity index (χ4n) is 1.67. The van der Waals surface area contributed by atoms with Gasteiger partial charge in [0.25, 0.3) is 0 Å². The van der Waals surface area contributed by atoms with Crippen LogP contribution in [0.4, 0.5) is 0 Å². The molecule has 11 heavy (non-hydrogen) atoms. The molecule has 0 bridgehead atoms. The van der Waals surface area contributed by atoms with Crippen molar-refractivity contribution in [2.45, 2.75) is 18.6 Å². The van der Waals surface area contributed by atoms with Crippen LogP contribution in [0.3, 0.4) is 0 Å². The molecular formula is C7H13NO3. The third kappa shape index (κ3) is 1.52. The molecule has 64 valence electrons. The lowest BCUT2D eigenvalue weighted by molar-refractivity contribution is -0.896. The SMILES string of the molecule is C[N+]1(C)C[C@H](O)C[C@H]1C(=O)[O-]. The standard InChI is InChI=1S/C7H13NO3/c1-8(2)4-5(9)3-6(8)7(10)11/h5-6,9H,3-4H2,1-2H3/t5-,6+/m1/s1. The summed E-state index contributed by atoms with van der Waals surface area (Å²) in [6.07, 6.45) is -0.178. The van der Waals surface area contributed by atoms with Crippen LogP contribution in [0.2, 0.25) is 0 Å². The number of likely N-dealkylation sites (N-methyl/N-ethyl adjacent to an activating group) is 1. The lowest BCUT2D eigenvalue weighted by atomic mass is 10.2. The maximum atomic E-state index is 10.5. The van der Waals surface area contributed by atoms with Crippen LogP contribution in [0.5, 0.6) is 0 Å². The highest BCUT2D eigenvalue weighted by atomic mass is 16.4. The number of aliphatic carboxylic acids is 1. The summed E-state index contributed by atoms with van der Waals surface area (Å²) in [7, 11) is 3.58. The fourth-order valence-corrected chi connectivity index (χ4v) is 1.67. The molecule has 0 unspecified atom stereocenters. The molecule has 4 nitrogen and oxygen atoms in total. The Hall–Kier alpha value is -0.610. The predicted molar refractivity (Wildman–Crippen MR) is 36.4 cm³/mol. The minimum Gasteiger partial charge on any atom is -0.544 e. The van der Waals surface area contributed by atoms with Crippen molar-refractivity contribution in [2.75, 3.05) is 20.6 Å². The third-order valence-electron chi connectivity index (χ3n) is 2.29. The van der Waals surface area contributed by atoms with Gasteiger partial charge in [-0.25, -0.2) is 0 Å². The maximum absolute atomic E-state index is 10.5. The zero-order valence-corrected chi connectivity index (χ0v) is 6.78. The number of rotatable bonds is 1. The Labute approximate surface area is 65.6 Å². The van der Waals surface area contributed by atoms with E-state index in [-0.39, 0.29) is 0 Å². The first-order valence-electron chi connectivity index (χ1n) is 3.65. The number of hydrogen-bond donors (Lipinski definition) is 1. The number of carboxylic acids is 1. The van der Waals surface area contributed by atoms with Crippen LogP contribution < -0.4 is 5.11 Å². The molecule has 0 amide bonds. The molecule has 1 N–H and O–H groups in total. The number of hydrogen-bond acceptors (Lipinski definition) is 3. The van der Waals surface area contributed by atoms with Gasteiger partial charge in [-0.15, -0.1) is 0 Å². The van der Waals surface area contributed by atoms with E-state index in [1.807, 2.05) is 0 Å². The number of carbonyl (C=O) groups is 1. The second-order valence-corrected chi connectivity index (χ2v) is 3.69. The van der Waals surface area contributed by atoms with Gasteiger partial charge >= 0.3 is 0 Å². The van der Waals surface area contributed by atoms with Crippen molar-refractivity contribution < 1.29 is 19.5 Å².